The Hall–Kier alpha value is -1.75. The molecule has 2 aromatic heterocycles. The van der Waals surface area contributed by atoms with E-state index in [1.54, 1.807) is 12.4 Å². The first kappa shape index (κ1) is 9.79. The van der Waals surface area contributed by atoms with E-state index < -0.39 is 0 Å². The van der Waals surface area contributed by atoms with Gasteiger partial charge in [-0.2, -0.15) is 0 Å². The zero-order chi connectivity index (χ0) is 10.7. The Balaban J connectivity index is 2.55. The van der Waals surface area contributed by atoms with Crippen molar-refractivity contribution in [3.8, 4) is 11.3 Å². The quantitative estimate of drug-likeness (QED) is 0.801. The molecule has 0 aliphatic rings. The van der Waals surface area contributed by atoms with E-state index >= 15 is 0 Å². The Labute approximate surface area is 87.9 Å². The number of hydrogen-bond acceptors (Lipinski definition) is 4. The van der Waals surface area contributed by atoms with Gasteiger partial charge in [0.25, 0.3) is 0 Å². The minimum atomic E-state index is 0.393. The molecule has 0 aliphatic heterocycles. The summed E-state index contributed by atoms with van der Waals surface area (Å²) in [4.78, 5) is 4.08. The predicted molar refractivity (Wildman–Crippen MR) is 56.8 cm³/mol. The van der Waals surface area contributed by atoms with E-state index in [1.807, 2.05) is 23.7 Å². The van der Waals surface area contributed by atoms with Crippen LogP contribution in [0.2, 0.25) is 0 Å². The van der Waals surface area contributed by atoms with Gasteiger partial charge in [-0.25, -0.2) is 4.68 Å². The van der Waals surface area contributed by atoms with Crippen LogP contribution in [0.25, 0.3) is 11.3 Å². The van der Waals surface area contributed by atoms with Gasteiger partial charge < -0.3 is 5.73 Å². The molecule has 0 bridgehead atoms. The third kappa shape index (κ3) is 1.73. The summed E-state index contributed by atoms with van der Waals surface area (Å²) in [7, 11) is 0. The lowest BCUT2D eigenvalue weighted by molar-refractivity contribution is 0.632. The highest BCUT2D eigenvalue weighted by atomic mass is 15.4. The van der Waals surface area contributed by atoms with E-state index in [1.165, 1.54) is 0 Å². The normalized spacial score (nSPS) is 10.5. The summed E-state index contributed by atoms with van der Waals surface area (Å²) in [5.41, 5.74) is 8.40. The molecule has 0 spiro atoms. The summed E-state index contributed by atoms with van der Waals surface area (Å²) in [6, 6.07) is 3.87. The molecule has 78 valence electrons. The van der Waals surface area contributed by atoms with E-state index in [4.69, 9.17) is 5.73 Å². The van der Waals surface area contributed by atoms with Crippen LogP contribution in [0.5, 0.6) is 0 Å². The molecule has 2 rings (SSSR count). The molecule has 0 aliphatic carbocycles. The second-order valence-electron chi connectivity index (χ2n) is 3.15. The number of nitrogens with two attached hydrogens (primary N) is 1. The molecule has 5 heteroatoms. The van der Waals surface area contributed by atoms with E-state index in [-0.39, 0.29) is 0 Å². The molecule has 0 aromatic carbocycles. The molecule has 0 radical (unpaired) electrons. The highest BCUT2D eigenvalue weighted by Gasteiger charge is 2.12. The van der Waals surface area contributed by atoms with E-state index in [0.717, 1.165) is 23.5 Å². The van der Waals surface area contributed by atoms with Crippen LogP contribution < -0.4 is 5.73 Å². The first-order chi connectivity index (χ1) is 7.36. The minimum Gasteiger partial charge on any atom is -0.325 e. The smallest absolute Gasteiger partial charge is 0.104 e. The van der Waals surface area contributed by atoms with Crippen molar-refractivity contribution in [2.75, 3.05) is 0 Å². The highest BCUT2D eigenvalue weighted by Crippen LogP contribution is 2.20. The van der Waals surface area contributed by atoms with Crippen LogP contribution in [-0.2, 0) is 13.1 Å². The molecule has 0 unspecified atom stereocenters. The van der Waals surface area contributed by atoms with Crippen molar-refractivity contribution in [2.45, 2.75) is 20.0 Å². The molecule has 2 aromatic rings. The molecule has 0 saturated carbocycles. The first-order valence-electron chi connectivity index (χ1n) is 4.89. The molecular formula is C10H13N5. The summed E-state index contributed by atoms with van der Waals surface area (Å²) in [5.74, 6) is 0. The molecule has 0 saturated heterocycles. The van der Waals surface area contributed by atoms with Crippen molar-refractivity contribution in [1.82, 2.24) is 20.0 Å². The van der Waals surface area contributed by atoms with Crippen LogP contribution in [-0.4, -0.2) is 20.0 Å². The van der Waals surface area contributed by atoms with Crippen LogP contribution in [0.15, 0.2) is 24.5 Å². The van der Waals surface area contributed by atoms with Gasteiger partial charge in [0.2, 0.25) is 0 Å². The zero-order valence-electron chi connectivity index (χ0n) is 8.59. The molecule has 5 nitrogen and oxygen atoms in total. The minimum absolute atomic E-state index is 0.393. The maximum Gasteiger partial charge on any atom is 0.104 e. The topological polar surface area (TPSA) is 69.6 Å². The summed E-state index contributed by atoms with van der Waals surface area (Å²) < 4.78 is 1.83. The summed E-state index contributed by atoms with van der Waals surface area (Å²) in [6.45, 7) is 3.19. The van der Waals surface area contributed by atoms with E-state index in [0.29, 0.717) is 6.54 Å². The van der Waals surface area contributed by atoms with E-state index in [2.05, 4.69) is 15.3 Å². The predicted octanol–water partition coefficient (Wildman–Crippen LogP) is 0.819. The third-order valence-corrected chi connectivity index (χ3v) is 2.23. The number of aromatic nitrogens is 4. The number of nitrogens with zero attached hydrogens (tertiary/aromatic N) is 4. The van der Waals surface area contributed by atoms with Crippen LogP contribution in [0, 0.1) is 0 Å². The second-order valence-corrected chi connectivity index (χ2v) is 3.15. The summed E-state index contributed by atoms with van der Waals surface area (Å²) in [5, 5.41) is 8.08. The van der Waals surface area contributed by atoms with Crippen LogP contribution in [0.1, 0.15) is 12.6 Å². The van der Waals surface area contributed by atoms with Crippen LogP contribution in [0.4, 0.5) is 0 Å². The Bertz CT molecular complexity index is 413. The highest BCUT2D eigenvalue weighted by molar-refractivity contribution is 5.60. The van der Waals surface area contributed by atoms with Gasteiger partial charge in [0.15, 0.2) is 0 Å². The number of rotatable bonds is 3. The maximum absolute atomic E-state index is 5.62. The van der Waals surface area contributed by atoms with Crippen molar-refractivity contribution in [3.05, 3.63) is 30.2 Å². The number of hydrogen-bond donors (Lipinski definition) is 1. The second kappa shape index (κ2) is 4.18. The van der Waals surface area contributed by atoms with Crippen molar-refractivity contribution in [2.24, 2.45) is 5.73 Å². The SMILES string of the molecule is CCn1nnc(CN)c1-c1cccnc1. The van der Waals surface area contributed by atoms with Crippen molar-refractivity contribution in [1.29, 1.82) is 0 Å². The Morgan fingerprint density at radius 1 is 1.47 bits per heavy atom. The largest absolute Gasteiger partial charge is 0.325 e. The van der Waals surface area contributed by atoms with Gasteiger partial charge >= 0.3 is 0 Å². The van der Waals surface area contributed by atoms with Gasteiger partial charge in [0.1, 0.15) is 5.69 Å². The molecule has 15 heavy (non-hydrogen) atoms. The Morgan fingerprint density at radius 3 is 2.93 bits per heavy atom. The van der Waals surface area contributed by atoms with Crippen molar-refractivity contribution >= 4 is 0 Å². The van der Waals surface area contributed by atoms with Crippen LogP contribution >= 0.6 is 0 Å². The molecular weight excluding hydrogens is 190 g/mol. The fourth-order valence-electron chi connectivity index (χ4n) is 1.53. The molecule has 0 atom stereocenters. The van der Waals surface area contributed by atoms with Gasteiger partial charge in [0.05, 0.1) is 5.69 Å². The van der Waals surface area contributed by atoms with Gasteiger partial charge in [-0.1, -0.05) is 5.21 Å². The Kier molecular flexibility index (Phi) is 2.73. The lowest BCUT2D eigenvalue weighted by atomic mass is 10.1. The number of aryl methyl sites for hydroxylation is 1. The zero-order valence-corrected chi connectivity index (χ0v) is 8.59. The summed E-state index contributed by atoms with van der Waals surface area (Å²) in [6.07, 6.45) is 3.54. The fourth-order valence-corrected chi connectivity index (χ4v) is 1.53. The summed E-state index contributed by atoms with van der Waals surface area (Å²) >= 11 is 0. The van der Waals surface area contributed by atoms with Crippen molar-refractivity contribution < 1.29 is 0 Å². The number of pyridine rings is 1. The van der Waals surface area contributed by atoms with Gasteiger partial charge in [-0.05, 0) is 19.1 Å². The van der Waals surface area contributed by atoms with E-state index in [9.17, 15) is 0 Å². The monoisotopic (exact) mass is 203 g/mol. The molecule has 2 heterocycles. The first-order valence-corrected chi connectivity index (χ1v) is 4.89. The average Bonchev–Trinajstić information content (AvgIpc) is 2.72. The van der Waals surface area contributed by atoms with Gasteiger partial charge in [-0.15, -0.1) is 5.10 Å². The molecule has 2 N–H and O–H groups in total. The van der Waals surface area contributed by atoms with Crippen LogP contribution in [0.3, 0.4) is 0 Å². The Morgan fingerprint density at radius 2 is 2.33 bits per heavy atom. The van der Waals surface area contributed by atoms with Gasteiger partial charge in [-0.3, -0.25) is 4.98 Å². The molecule has 0 amide bonds. The molecule has 0 fully saturated rings. The fraction of sp³-hybridized carbons (Fsp3) is 0.300. The maximum atomic E-state index is 5.62. The average molecular weight is 203 g/mol. The third-order valence-electron chi connectivity index (χ3n) is 2.23. The van der Waals surface area contributed by atoms with Gasteiger partial charge in [0, 0.05) is 31.0 Å². The lowest BCUT2D eigenvalue weighted by Crippen LogP contribution is -2.02. The van der Waals surface area contributed by atoms with Crippen molar-refractivity contribution in [3.63, 3.8) is 0 Å². The lowest BCUT2D eigenvalue weighted by Gasteiger charge is -2.04. The standard InChI is InChI=1S/C10H13N5/c1-2-15-10(9(6-11)13-14-15)8-4-3-5-12-7-8/h3-5,7H,2,6,11H2,1H3.